The van der Waals surface area contributed by atoms with Gasteiger partial charge in [-0.15, -0.1) is 0 Å². The van der Waals surface area contributed by atoms with Gasteiger partial charge < -0.3 is 15.2 Å². The summed E-state index contributed by atoms with van der Waals surface area (Å²) in [4.78, 5) is 25.9. The van der Waals surface area contributed by atoms with E-state index >= 15 is 0 Å². The summed E-state index contributed by atoms with van der Waals surface area (Å²) in [6, 6.07) is 6.04. The summed E-state index contributed by atoms with van der Waals surface area (Å²) >= 11 is 1.30. The number of amides is 1. The van der Waals surface area contributed by atoms with Gasteiger partial charge in [0.05, 0.1) is 29.6 Å². The first-order valence-corrected chi connectivity index (χ1v) is 10.0. The second kappa shape index (κ2) is 7.99. The average molecular weight is 446 g/mol. The lowest BCUT2D eigenvalue weighted by Gasteiger charge is -2.11. The number of aromatic nitrogens is 4. The van der Waals surface area contributed by atoms with Crippen LogP contribution < -0.4 is 10.6 Å². The van der Waals surface area contributed by atoms with Crippen molar-refractivity contribution in [2.75, 3.05) is 5.32 Å². The number of hydrogen-bond acceptors (Lipinski definition) is 6. The monoisotopic (exact) mass is 446 g/mol. The number of carbonyl (C=O) groups is 1. The minimum Gasteiger partial charge on any atom is -0.343 e. The first kappa shape index (κ1) is 20.8. The van der Waals surface area contributed by atoms with E-state index in [1.807, 2.05) is 14.0 Å². The van der Waals surface area contributed by atoms with Crippen molar-refractivity contribution < 1.29 is 18.0 Å². The molecular weight excluding hydrogens is 429 g/mol. The smallest absolute Gasteiger partial charge is 0.343 e. The van der Waals surface area contributed by atoms with Gasteiger partial charge in [-0.1, -0.05) is 11.3 Å². The second-order valence-corrected chi connectivity index (χ2v) is 7.94. The Bertz CT molecular complexity index is 1230. The van der Waals surface area contributed by atoms with Crippen LogP contribution in [0.5, 0.6) is 0 Å². The van der Waals surface area contributed by atoms with E-state index in [4.69, 9.17) is 0 Å². The number of alkyl halides is 3. The maximum absolute atomic E-state index is 12.7. The highest BCUT2D eigenvalue weighted by molar-refractivity contribution is 7.15. The predicted molar refractivity (Wildman–Crippen MR) is 111 cm³/mol. The van der Waals surface area contributed by atoms with Gasteiger partial charge in [0.2, 0.25) is 0 Å². The Balaban J connectivity index is 1.42. The van der Waals surface area contributed by atoms with Crippen molar-refractivity contribution in [3.8, 4) is 0 Å². The highest BCUT2D eigenvalue weighted by atomic mass is 32.1. The Morgan fingerprint density at radius 2 is 1.87 bits per heavy atom. The number of imidazole rings is 1. The van der Waals surface area contributed by atoms with Crippen LogP contribution in [0.2, 0.25) is 0 Å². The Kier molecular flexibility index (Phi) is 5.36. The lowest BCUT2D eigenvalue weighted by molar-refractivity contribution is -0.137. The van der Waals surface area contributed by atoms with Gasteiger partial charge in [0, 0.05) is 23.8 Å². The average Bonchev–Trinajstić information content (AvgIpc) is 3.34. The molecule has 0 aliphatic rings. The van der Waals surface area contributed by atoms with E-state index in [9.17, 15) is 18.0 Å². The van der Waals surface area contributed by atoms with Crippen molar-refractivity contribution in [1.82, 2.24) is 24.8 Å². The van der Waals surface area contributed by atoms with E-state index in [-0.39, 0.29) is 17.6 Å². The number of aryl methyl sites for hydroxylation is 1. The van der Waals surface area contributed by atoms with Crippen molar-refractivity contribution in [2.45, 2.75) is 19.1 Å². The molecule has 7 nitrogen and oxygen atoms in total. The molecule has 0 saturated carbocycles. The van der Waals surface area contributed by atoms with Crippen LogP contribution in [0.3, 0.4) is 0 Å². The van der Waals surface area contributed by atoms with Crippen LogP contribution >= 0.6 is 11.3 Å². The Morgan fingerprint density at radius 3 is 2.58 bits per heavy atom. The molecule has 0 aliphatic heterocycles. The standard InChI is InChI=1S/C20H17F3N6OS/c1-11(27-18(30)14-7-16-15(8-24-14)26-10-29(16)2)17-9-25-19(31-17)28-13-5-3-12(4-6-13)20(21,22)23/h3-11H,1-2H3,(H,25,28)(H,27,30)/t11-/m1/s1. The molecule has 0 bridgehead atoms. The molecule has 1 atom stereocenters. The van der Waals surface area contributed by atoms with Crippen molar-refractivity contribution in [3.05, 3.63) is 65.2 Å². The van der Waals surface area contributed by atoms with E-state index < -0.39 is 11.7 Å². The van der Waals surface area contributed by atoms with Crippen molar-refractivity contribution in [2.24, 2.45) is 7.05 Å². The first-order chi connectivity index (χ1) is 14.7. The molecule has 0 saturated heterocycles. The fraction of sp³-hybridized carbons (Fsp3) is 0.200. The minimum absolute atomic E-state index is 0.274. The van der Waals surface area contributed by atoms with Crippen LogP contribution in [0.15, 0.2) is 49.1 Å². The molecule has 4 aromatic rings. The summed E-state index contributed by atoms with van der Waals surface area (Å²) in [6.07, 6.45) is 0.434. The first-order valence-electron chi connectivity index (χ1n) is 9.18. The number of thiazole rings is 1. The number of halogens is 3. The number of rotatable bonds is 5. The molecule has 31 heavy (non-hydrogen) atoms. The molecule has 1 aromatic carbocycles. The molecule has 160 valence electrons. The number of fused-ring (bicyclic) bond motifs is 1. The van der Waals surface area contributed by atoms with Crippen LogP contribution in [0.4, 0.5) is 24.0 Å². The van der Waals surface area contributed by atoms with Gasteiger partial charge in [0.15, 0.2) is 5.13 Å². The van der Waals surface area contributed by atoms with Crippen LogP contribution in [-0.4, -0.2) is 25.4 Å². The molecule has 4 rings (SSSR count). The quantitative estimate of drug-likeness (QED) is 0.465. The highest BCUT2D eigenvalue weighted by Crippen LogP contribution is 2.31. The maximum atomic E-state index is 12.7. The molecule has 0 unspecified atom stereocenters. The van der Waals surface area contributed by atoms with Crippen LogP contribution in [0, 0.1) is 0 Å². The molecule has 0 fully saturated rings. The van der Waals surface area contributed by atoms with Crippen molar-refractivity contribution >= 4 is 39.1 Å². The molecule has 11 heteroatoms. The minimum atomic E-state index is -4.38. The molecule has 0 aliphatic carbocycles. The van der Waals surface area contributed by atoms with Crippen LogP contribution in [0.1, 0.15) is 33.9 Å². The van der Waals surface area contributed by atoms with Crippen LogP contribution in [-0.2, 0) is 13.2 Å². The number of carbonyl (C=O) groups excluding carboxylic acids is 1. The van der Waals surface area contributed by atoms with Gasteiger partial charge in [-0.3, -0.25) is 4.79 Å². The topological polar surface area (TPSA) is 84.7 Å². The number of nitrogens with zero attached hydrogens (tertiary/aromatic N) is 4. The third-order valence-corrected chi connectivity index (χ3v) is 5.70. The molecule has 2 N–H and O–H groups in total. The second-order valence-electron chi connectivity index (χ2n) is 6.88. The molecule has 3 heterocycles. The maximum Gasteiger partial charge on any atom is 0.416 e. The van der Waals surface area contributed by atoms with Gasteiger partial charge in [-0.2, -0.15) is 13.2 Å². The van der Waals surface area contributed by atoms with E-state index in [2.05, 4.69) is 25.6 Å². The highest BCUT2D eigenvalue weighted by Gasteiger charge is 2.30. The zero-order valence-electron chi connectivity index (χ0n) is 16.4. The summed E-state index contributed by atoms with van der Waals surface area (Å²) in [5.41, 5.74) is 1.55. The SMILES string of the molecule is C[C@@H](NC(=O)c1cc2c(cn1)ncn2C)c1cnc(Nc2ccc(C(F)(F)F)cc2)s1. The Labute approximate surface area is 179 Å². The summed E-state index contributed by atoms with van der Waals surface area (Å²) in [5.74, 6) is -0.332. The molecule has 0 spiro atoms. The van der Waals surface area contributed by atoms with Crippen molar-refractivity contribution in [3.63, 3.8) is 0 Å². The molecule has 3 aromatic heterocycles. The molecule has 0 radical (unpaired) electrons. The van der Waals surface area contributed by atoms with E-state index in [1.54, 1.807) is 29.4 Å². The molecular formula is C20H17F3N6OS. The fourth-order valence-electron chi connectivity index (χ4n) is 2.91. The zero-order valence-corrected chi connectivity index (χ0v) is 17.3. The fourth-order valence-corrected chi connectivity index (χ4v) is 3.75. The summed E-state index contributed by atoms with van der Waals surface area (Å²) < 4.78 is 39.8. The zero-order chi connectivity index (χ0) is 22.2. The van der Waals surface area contributed by atoms with E-state index in [1.165, 1.54) is 23.5 Å². The third-order valence-electron chi connectivity index (χ3n) is 4.61. The summed E-state index contributed by atoms with van der Waals surface area (Å²) in [6.45, 7) is 1.82. The van der Waals surface area contributed by atoms with Gasteiger partial charge >= 0.3 is 6.18 Å². The Morgan fingerprint density at radius 1 is 1.13 bits per heavy atom. The van der Waals surface area contributed by atoms with Gasteiger partial charge in [-0.05, 0) is 37.3 Å². The van der Waals surface area contributed by atoms with Crippen molar-refractivity contribution in [1.29, 1.82) is 0 Å². The van der Waals surface area contributed by atoms with E-state index in [0.29, 0.717) is 16.3 Å². The Hall–Kier alpha value is -3.47. The number of pyridine rings is 1. The normalized spacial score (nSPS) is 12.7. The summed E-state index contributed by atoms with van der Waals surface area (Å²) in [5, 5.41) is 6.35. The lowest BCUT2D eigenvalue weighted by atomic mass is 10.2. The van der Waals surface area contributed by atoms with Gasteiger partial charge in [0.25, 0.3) is 5.91 Å². The predicted octanol–water partition coefficient (Wildman–Crippen LogP) is 4.68. The van der Waals surface area contributed by atoms with Crippen LogP contribution in [0.25, 0.3) is 11.0 Å². The molecule has 1 amide bonds. The number of benzene rings is 1. The lowest BCUT2D eigenvalue weighted by Crippen LogP contribution is -2.26. The largest absolute Gasteiger partial charge is 0.416 e. The van der Waals surface area contributed by atoms with Gasteiger partial charge in [-0.25, -0.2) is 15.0 Å². The summed E-state index contributed by atoms with van der Waals surface area (Å²) in [7, 11) is 1.84. The van der Waals surface area contributed by atoms with Gasteiger partial charge in [0.1, 0.15) is 11.2 Å². The number of hydrogen-bond donors (Lipinski definition) is 2. The third kappa shape index (κ3) is 4.50. The number of anilines is 2. The van der Waals surface area contributed by atoms with E-state index in [0.717, 1.165) is 22.5 Å². The number of nitrogens with one attached hydrogen (secondary N) is 2.